The number of rotatable bonds is 10. The zero-order chi connectivity index (χ0) is 35.1. The number of nitrogens with zero attached hydrogens (tertiary/aromatic N) is 4. The minimum Gasteiger partial charge on any atom is -0.554 e. The lowest BCUT2D eigenvalue weighted by molar-refractivity contribution is -0.676. The van der Waals surface area contributed by atoms with Crippen LogP contribution in [-0.4, -0.2) is 74.2 Å². The van der Waals surface area contributed by atoms with Crippen LogP contribution in [0.4, 0.5) is 10.6 Å². The molecule has 7 N–H and O–H groups in total. The van der Waals surface area contributed by atoms with Crippen molar-refractivity contribution in [3.05, 3.63) is 47.5 Å². The molecule has 0 bridgehead atoms. The Bertz CT molecular complexity index is 1690. The molecule has 4 aromatic rings. The molecule has 0 spiro atoms. The Morgan fingerprint density at radius 3 is 2.36 bits per heavy atom. The first-order chi connectivity index (χ1) is 22.3. The summed E-state index contributed by atoms with van der Waals surface area (Å²) in [4.78, 5) is 65.8. The third kappa shape index (κ3) is 10.4. The molecule has 254 valence electrons. The molecule has 3 amide bonds. The van der Waals surface area contributed by atoms with Crippen LogP contribution >= 0.6 is 0 Å². The van der Waals surface area contributed by atoms with Crippen molar-refractivity contribution in [1.82, 2.24) is 35.5 Å². The molecule has 0 aliphatic rings. The van der Waals surface area contributed by atoms with Crippen molar-refractivity contribution in [2.24, 2.45) is 0 Å². The second-order valence-corrected chi connectivity index (χ2v) is 10.7. The summed E-state index contributed by atoms with van der Waals surface area (Å²) in [6, 6.07) is 7.28. The maximum atomic E-state index is 13.0. The molecule has 17 heteroatoms. The smallest absolute Gasteiger partial charge is 0.407 e. The molecular weight excluding hydrogens is 614 g/mol. The fraction of sp³-hybridized carbons (Fsp3) is 0.400. The molecule has 0 radical (unpaired) electrons. The van der Waals surface area contributed by atoms with Gasteiger partial charge in [0.15, 0.2) is 28.2 Å². The Morgan fingerprint density at radius 2 is 1.74 bits per heavy atom. The van der Waals surface area contributed by atoms with Crippen LogP contribution in [0.5, 0.6) is 0 Å². The summed E-state index contributed by atoms with van der Waals surface area (Å²) in [5.74, 6) is 0.293. The van der Waals surface area contributed by atoms with Gasteiger partial charge in [-0.25, -0.2) is 23.9 Å². The number of nitrogens with one attached hydrogen (secondary N) is 4. The molecule has 0 atom stereocenters. The Kier molecular flexibility index (Phi) is 14.1. The summed E-state index contributed by atoms with van der Waals surface area (Å²) < 4.78 is 9.39. The van der Waals surface area contributed by atoms with Gasteiger partial charge in [-0.05, 0) is 59.2 Å². The second kappa shape index (κ2) is 17.7. The Morgan fingerprint density at radius 1 is 1.09 bits per heavy atom. The molecule has 17 nitrogen and oxygen atoms in total. The molecule has 0 saturated heterocycles. The lowest BCUT2D eigenvalue weighted by atomic mass is 10.2. The first-order valence-corrected chi connectivity index (χ1v) is 14.7. The number of nitrogens with two attached hydrogens (primary N) is 1. The molecule has 4 rings (SSSR count). The number of aryl methyl sites for hydroxylation is 2. The highest BCUT2D eigenvalue weighted by Gasteiger charge is 2.26. The van der Waals surface area contributed by atoms with Crippen LogP contribution in [-0.2, 0) is 34.0 Å². The van der Waals surface area contributed by atoms with Crippen molar-refractivity contribution in [1.29, 1.82) is 0 Å². The predicted molar refractivity (Wildman–Crippen MR) is 169 cm³/mol. The monoisotopic (exact) mass is 655 g/mol. The van der Waals surface area contributed by atoms with Gasteiger partial charge in [-0.2, -0.15) is 0 Å². The second-order valence-electron chi connectivity index (χ2n) is 10.7. The number of fused-ring (bicyclic) bond motifs is 2. The van der Waals surface area contributed by atoms with E-state index in [2.05, 4.69) is 40.0 Å². The van der Waals surface area contributed by atoms with Gasteiger partial charge in [0.05, 0.1) is 13.1 Å². The zero-order valence-electron chi connectivity index (χ0n) is 27.0. The number of anilines is 1. The van der Waals surface area contributed by atoms with Crippen LogP contribution in [0.3, 0.4) is 0 Å². The van der Waals surface area contributed by atoms with Gasteiger partial charge in [-0.1, -0.05) is 0 Å². The fourth-order valence-electron chi connectivity index (χ4n) is 4.62. The summed E-state index contributed by atoms with van der Waals surface area (Å²) in [6.45, 7) is 11.0. The van der Waals surface area contributed by atoms with Gasteiger partial charge in [0.25, 0.3) is 24.1 Å². The van der Waals surface area contributed by atoms with Crippen molar-refractivity contribution in [3.8, 4) is 0 Å². The lowest BCUT2D eigenvalue weighted by Crippen LogP contribution is -2.40. The largest absolute Gasteiger partial charge is 0.554 e. The summed E-state index contributed by atoms with van der Waals surface area (Å²) in [6.07, 6.45) is 1.77. The Hall–Kier alpha value is -5.74. The fourth-order valence-corrected chi connectivity index (χ4v) is 4.62. The van der Waals surface area contributed by atoms with E-state index in [1.165, 1.54) is 0 Å². The van der Waals surface area contributed by atoms with Gasteiger partial charge >= 0.3 is 6.09 Å². The minimum absolute atomic E-state index is 0.0492. The maximum absolute atomic E-state index is 13.0. The number of benzene rings is 1. The number of ether oxygens (including phenoxy) is 1. The summed E-state index contributed by atoms with van der Waals surface area (Å²) in [7, 11) is 0. The number of aromatic nitrogens is 5. The molecule has 0 aliphatic carbocycles. The van der Waals surface area contributed by atoms with Crippen LogP contribution in [0.15, 0.2) is 30.5 Å². The van der Waals surface area contributed by atoms with Crippen LogP contribution in [0.2, 0.25) is 0 Å². The van der Waals surface area contributed by atoms with Crippen molar-refractivity contribution < 1.29 is 43.5 Å². The van der Waals surface area contributed by atoms with E-state index in [-0.39, 0.29) is 30.4 Å². The average Bonchev–Trinajstić information content (AvgIpc) is 3.59. The first kappa shape index (κ1) is 37.4. The van der Waals surface area contributed by atoms with E-state index >= 15 is 0 Å². The number of carbonyl (C=O) groups excluding carboxylic acids is 4. The summed E-state index contributed by atoms with van der Waals surface area (Å²) >= 11 is 0. The van der Waals surface area contributed by atoms with Gasteiger partial charge in [0, 0.05) is 37.4 Å². The number of hydrogen-bond acceptors (Lipinski definition) is 10. The maximum Gasteiger partial charge on any atom is 0.407 e. The van der Waals surface area contributed by atoms with Crippen LogP contribution in [0.25, 0.3) is 22.2 Å². The van der Waals surface area contributed by atoms with E-state index in [1.54, 1.807) is 39.1 Å². The van der Waals surface area contributed by atoms with Crippen LogP contribution in [0, 0.1) is 0 Å². The number of amides is 3. The van der Waals surface area contributed by atoms with Crippen molar-refractivity contribution in [2.45, 2.75) is 66.3 Å². The van der Waals surface area contributed by atoms with Crippen molar-refractivity contribution >= 4 is 58.9 Å². The minimum atomic E-state index is -0.561. The molecule has 0 fully saturated rings. The van der Waals surface area contributed by atoms with Crippen molar-refractivity contribution in [2.75, 3.05) is 18.8 Å². The zero-order valence-corrected chi connectivity index (χ0v) is 27.0. The third-order valence-corrected chi connectivity index (χ3v) is 6.42. The van der Waals surface area contributed by atoms with Gasteiger partial charge in [-0.3, -0.25) is 14.4 Å². The number of alkyl carbamates (subject to hydrolysis) is 1. The van der Waals surface area contributed by atoms with E-state index in [0.717, 1.165) is 16.9 Å². The molecular formula is C30H41N9O8. The number of hydrogen-bond donors (Lipinski definition) is 6. The lowest BCUT2D eigenvalue weighted by Gasteiger charge is -2.19. The van der Waals surface area contributed by atoms with Crippen LogP contribution in [0.1, 0.15) is 67.7 Å². The SMILES string of the molecule is CCn1c(CNC(=O)c2nc3cc[nH]c3nc2N)[n+](CC)c2ccc(C(=O)NCCCNC(=O)OC(C)(C)C)cc21.O=CO.O=C[O-]. The topological polar surface area (TPSA) is 250 Å². The number of H-pyrrole nitrogens is 1. The summed E-state index contributed by atoms with van der Waals surface area (Å²) in [5, 5.41) is 23.7. The van der Waals surface area contributed by atoms with Gasteiger partial charge in [0.2, 0.25) is 0 Å². The molecule has 0 aliphatic heterocycles. The van der Waals surface area contributed by atoms with E-state index in [1.807, 2.05) is 26.0 Å². The number of nitrogen functional groups attached to an aromatic ring is 1. The molecule has 1 aromatic carbocycles. The highest BCUT2D eigenvalue weighted by Crippen LogP contribution is 2.18. The molecule has 47 heavy (non-hydrogen) atoms. The highest BCUT2D eigenvalue weighted by molar-refractivity contribution is 5.98. The molecule has 0 unspecified atom stereocenters. The number of aromatic amines is 1. The van der Waals surface area contributed by atoms with Crippen molar-refractivity contribution in [3.63, 3.8) is 0 Å². The quantitative estimate of drug-likeness (QED) is 0.0778. The van der Waals surface area contributed by atoms with Crippen LogP contribution < -0.4 is 31.4 Å². The highest BCUT2D eigenvalue weighted by atomic mass is 16.6. The summed E-state index contributed by atoms with van der Waals surface area (Å²) in [5.41, 5.74) is 8.93. The van der Waals surface area contributed by atoms with Gasteiger partial charge in [0.1, 0.15) is 17.7 Å². The molecule has 3 aromatic heterocycles. The normalized spacial score (nSPS) is 10.6. The molecule has 3 heterocycles. The Balaban J connectivity index is 0.00000119. The van der Waals surface area contributed by atoms with E-state index < -0.39 is 24.1 Å². The van der Waals surface area contributed by atoms with E-state index in [4.69, 9.17) is 30.3 Å². The van der Waals surface area contributed by atoms with E-state index in [0.29, 0.717) is 49.3 Å². The predicted octanol–water partition coefficient (Wildman–Crippen LogP) is 0.464. The average molecular weight is 656 g/mol. The number of imidazole rings is 1. The number of carboxylic acid groups (broad SMARTS) is 2. The Labute approximate surface area is 270 Å². The standard InChI is InChI=1S/C28H37N9O4.2CH2O2/c1-6-36-19-10-9-17(25(38)31-12-8-13-32-27(40)41-28(3,4)5)15-20(19)37(7-2)21(36)16-33-26(39)22-23(29)35-24-18(34-22)11-14-30-24;2*2-1-3/h9-11,14-15H,6-8,12-13,16H2,1-5H3,(H5-,29,30,31,32,33,34,35,38,39,40);2*1H,(H,2,3). The van der Waals surface area contributed by atoms with E-state index in [9.17, 15) is 14.4 Å². The number of carbonyl (C=O) groups is 5. The first-order valence-electron chi connectivity index (χ1n) is 14.7. The molecule has 0 saturated carbocycles. The van der Waals surface area contributed by atoms with Gasteiger partial charge in [-0.15, -0.1) is 0 Å². The van der Waals surface area contributed by atoms with Gasteiger partial charge < -0.3 is 46.4 Å². The third-order valence-electron chi connectivity index (χ3n) is 6.42.